The molecule has 3 heteroatoms. The van der Waals surface area contributed by atoms with E-state index in [4.69, 9.17) is 4.74 Å². The average Bonchev–Trinajstić information content (AvgIpc) is 2.59. The van der Waals surface area contributed by atoms with Crippen molar-refractivity contribution in [1.29, 1.82) is 0 Å². The molecule has 0 saturated heterocycles. The highest BCUT2D eigenvalue weighted by Gasteiger charge is 2.26. The molecule has 3 nitrogen and oxygen atoms in total. The molecule has 0 N–H and O–H groups in total. The van der Waals surface area contributed by atoms with E-state index in [1.165, 1.54) is 0 Å². The van der Waals surface area contributed by atoms with Crippen molar-refractivity contribution in [3.05, 3.63) is 65.7 Å². The summed E-state index contributed by atoms with van der Waals surface area (Å²) in [5.74, 6) is -0.0223. The van der Waals surface area contributed by atoms with Crippen molar-refractivity contribution in [2.75, 3.05) is 18.6 Å². The first-order valence-electron chi connectivity index (χ1n) is 6.29. The lowest BCUT2D eigenvalue weighted by Crippen LogP contribution is -2.28. The molecule has 1 aliphatic heterocycles. The zero-order chi connectivity index (χ0) is 13.2. The number of para-hydroxylation sites is 1. The van der Waals surface area contributed by atoms with E-state index < -0.39 is 0 Å². The van der Waals surface area contributed by atoms with E-state index in [0.717, 1.165) is 16.8 Å². The molecule has 1 heterocycles. The normalized spacial score (nSPS) is 18.9. The number of amides is 1. The summed E-state index contributed by atoms with van der Waals surface area (Å²) in [4.78, 5) is 13.6. The molecule has 0 fully saturated rings. The Hall–Kier alpha value is -2.13. The fourth-order valence-electron chi connectivity index (χ4n) is 2.39. The van der Waals surface area contributed by atoms with Crippen LogP contribution >= 0.6 is 0 Å². The van der Waals surface area contributed by atoms with E-state index >= 15 is 0 Å². The maximum atomic E-state index is 12.0. The number of ether oxygens (including phenoxy) is 1. The second-order valence-corrected chi connectivity index (χ2v) is 4.61. The summed E-state index contributed by atoms with van der Waals surface area (Å²) in [5.41, 5.74) is 3.01. The van der Waals surface area contributed by atoms with Gasteiger partial charge in [0.05, 0.1) is 0 Å². The van der Waals surface area contributed by atoms with Gasteiger partial charge in [-0.05, 0) is 11.6 Å². The van der Waals surface area contributed by atoms with Crippen molar-refractivity contribution in [2.45, 2.75) is 6.10 Å². The predicted molar refractivity (Wildman–Crippen MR) is 74.1 cm³/mol. The number of rotatable bonds is 1. The Morgan fingerprint density at radius 3 is 2.53 bits per heavy atom. The molecule has 0 radical (unpaired) electrons. The van der Waals surface area contributed by atoms with Gasteiger partial charge in [-0.2, -0.15) is 0 Å². The van der Waals surface area contributed by atoms with E-state index in [2.05, 4.69) is 0 Å². The Bertz CT molecular complexity index is 595. The Kier molecular flexibility index (Phi) is 3.05. The topological polar surface area (TPSA) is 29.5 Å². The quantitative estimate of drug-likeness (QED) is 0.782. The molecule has 0 aromatic heterocycles. The Balaban J connectivity index is 2.12. The Morgan fingerprint density at radius 1 is 1.05 bits per heavy atom. The van der Waals surface area contributed by atoms with Gasteiger partial charge in [0.1, 0.15) is 12.7 Å². The highest BCUT2D eigenvalue weighted by Crippen LogP contribution is 2.35. The fraction of sp³-hybridized carbons (Fsp3) is 0.188. The zero-order valence-electron chi connectivity index (χ0n) is 10.7. The summed E-state index contributed by atoms with van der Waals surface area (Å²) in [6.07, 6.45) is -0.189. The first-order chi connectivity index (χ1) is 9.27. The lowest BCUT2D eigenvalue weighted by Gasteiger charge is -2.19. The monoisotopic (exact) mass is 253 g/mol. The lowest BCUT2D eigenvalue weighted by molar-refractivity contribution is -0.123. The van der Waals surface area contributed by atoms with Crippen LogP contribution in [0.15, 0.2) is 54.6 Å². The smallest absolute Gasteiger partial charge is 0.252 e. The van der Waals surface area contributed by atoms with Gasteiger partial charge in [-0.15, -0.1) is 0 Å². The molecular weight excluding hydrogens is 238 g/mol. The summed E-state index contributed by atoms with van der Waals surface area (Å²) >= 11 is 0. The van der Waals surface area contributed by atoms with E-state index in [0.29, 0.717) is 0 Å². The van der Waals surface area contributed by atoms with Gasteiger partial charge in [-0.25, -0.2) is 0 Å². The summed E-state index contributed by atoms with van der Waals surface area (Å²) in [7, 11) is 1.79. The standard InChI is InChI=1S/C16H15NO2/c1-17-14-10-6-5-9-13(14)16(19-11-15(17)18)12-7-3-2-4-8-12/h2-10,16H,11H2,1H3. The Morgan fingerprint density at radius 2 is 1.74 bits per heavy atom. The second-order valence-electron chi connectivity index (χ2n) is 4.61. The molecule has 0 bridgehead atoms. The largest absolute Gasteiger partial charge is 0.359 e. The zero-order valence-corrected chi connectivity index (χ0v) is 10.7. The van der Waals surface area contributed by atoms with Gasteiger partial charge in [0.2, 0.25) is 0 Å². The molecule has 1 unspecified atom stereocenters. The summed E-state index contributed by atoms with van der Waals surface area (Å²) in [6, 6.07) is 17.9. The van der Waals surface area contributed by atoms with Gasteiger partial charge in [0.15, 0.2) is 0 Å². The van der Waals surface area contributed by atoms with Crippen LogP contribution in [0.2, 0.25) is 0 Å². The van der Waals surface area contributed by atoms with Crippen LogP contribution in [0.5, 0.6) is 0 Å². The number of fused-ring (bicyclic) bond motifs is 1. The Labute approximate surface area is 112 Å². The van der Waals surface area contributed by atoms with Gasteiger partial charge in [-0.1, -0.05) is 48.5 Å². The SMILES string of the molecule is CN1C(=O)COC(c2ccccc2)c2ccccc21. The molecule has 1 atom stereocenters. The molecule has 0 saturated carbocycles. The predicted octanol–water partition coefficient (Wildman–Crippen LogP) is 2.77. The summed E-state index contributed by atoms with van der Waals surface area (Å²) in [6.45, 7) is 0.102. The number of likely N-dealkylation sites (N-methyl/N-ethyl adjacent to an activating group) is 1. The molecule has 1 aliphatic rings. The summed E-state index contributed by atoms with van der Waals surface area (Å²) < 4.78 is 5.81. The third-order valence-corrected chi connectivity index (χ3v) is 3.43. The number of anilines is 1. The van der Waals surface area contributed by atoms with Gasteiger partial charge in [0, 0.05) is 18.3 Å². The van der Waals surface area contributed by atoms with Crippen LogP contribution in [0.3, 0.4) is 0 Å². The number of carbonyl (C=O) groups is 1. The molecule has 2 aromatic rings. The second kappa shape index (κ2) is 4.86. The van der Waals surface area contributed by atoms with Crippen molar-refractivity contribution in [3.63, 3.8) is 0 Å². The third-order valence-electron chi connectivity index (χ3n) is 3.43. The molecule has 3 rings (SSSR count). The minimum atomic E-state index is -0.189. The molecule has 0 aliphatic carbocycles. The third kappa shape index (κ3) is 2.13. The molecular formula is C16H15NO2. The van der Waals surface area contributed by atoms with Crippen molar-refractivity contribution >= 4 is 11.6 Å². The van der Waals surface area contributed by atoms with Gasteiger partial charge < -0.3 is 9.64 Å². The number of carbonyl (C=O) groups excluding carboxylic acids is 1. The maximum absolute atomic E-state index is 12.0. The highest BCUT2D eigenvalue weighted by atomic mass is 16.5. The minimum absolute atomic E-state index is 0.0223. The summed E-state index contributed by atoms with van der Waals surface area (Å²) in [5, 5.41) is 0. The van der Waals surface area contributed by atoms with Crippen LogP contribution in [-0.2, 0) is 9.53 Å². The van der Waals surface area contributed by atoms with Crippen LogP contribution in [0.4, 0.5) is 5.69 Å². The molecule has 2 aromatic carbocycles. The number of benzene rings is 2. The minimum Gasteiger partial charge on any atom is -0.359 e. The van der Waals surface area contributed by atoms with Gasteiger partial charge in [0.25, 0.3) is 5.91 Å². The lowest BCUT2D eigenvalue weighted by atomic mass is 9.99. The first-order valence-corrected chi connectivity index (χ1v) is 6.29. The average molecular weight is 253 g/mol. The number of hydrogen-bond acceptors (Lipinski definition) is 2. The van der Waals surface area contributed by atoms with Crippen molar-refractivity contribution in [3.8, 4) is 0 Å². The maximum Gasteiger partial charge on any atom is 0.252 e. The first kappa shape index (κ1) is 11.9. The number of hydrogen-bond donors (Lipinski definition) is 0. The highest BCUT2D eigenvalue weighted by molar-refractivity contribution is 5.95. The van der Waals surface area contributed by atoms with Crippen LogP contribution in [-0.4, -0.2) is 19.6 Å². The van der Waals surface area contributed by atoms with E-state index in [1.54, 1.807) is 11.9 Å². The van der Waals surface area contributed by atoms with E-state index in [1.807, 2.05) is 54.6 Å². The van der Waals surface area contributed by atoms with E-state index in [-0.39, 0.29) is 18.6 Å². The van der Waals surface area contributed by atoms with Crippen LogP contribution in [0.25, 0.3) is 0 Å². The van der Waals surface area contributed by atoms with Gasteiger partial charge >= 0.3 is 0 Å². The van der Waals surface area contributed by atoms with Gasteiger partial charge in [-0.3, -0.25) is 4.79 Å². The molecule has 96 valence electrons. The molecule has 19 heavy (non-hydrogen) atoms. The fourth-order valence-corrected chi connectivity index (χ4v) is 2.39. The van der Waals surface area contributed by atoms with Crippen molar-refractivity contribution in [1.82, 2.24) is 0 Å². The number of nitrogens with zero attached hydrogens (tertiary/aromatic N) is 1. The molecule has 1 amide bonds. The molecule has 0 spiro atoms. The van der Waals surface area contributed by atoms with E-state index in [9.17, 15) is 4.79 Å². The van der Waals surface area contributed by atoms with Crippen LogP contribution < -0.4 is 4.90 Å². The van der Waals surface area contributed by atoms with Crippen molar-refractivity contribution in [2.24, 2.45) is 0 Å². The van der Waals surface area contributed by atoms with Crippen molar-refractivity contribution < 1.29 is 9.53 Å². The van der Waals surface area contributed by atoms with Crippen LogP contribution in [0.1, 0.15) is 17.2 Å². The van der Waals surface area contributed by atoms with Crippen LogP contribution in [0, 0.1) is 0 Å².